The number of alkyl halides is 2. The van der Waals surface area contributed by atoms with Crippen molar-refractivity contribution in [1.29, 1.82) is 0 Å². The molecule has 2 rings (SSSR count). The predicted molar refractivity (Wildman–Crippen MR) is 48.1 cm³/mol. The summed E-state index contributed by atoms with van der Waals surface area (Å²) in [7, 11) is 0. The lowest BCUT2D eigenvalue weighted by Crippen LogP contribution is -2.35. The van der Waals surface area contributed by atoms with E-state index in [-0.39, 0.29) is 11.1 Å². The normalized spacial score (nSPS) is 37.5. The molecular formula is C9H10ClF2NO. The molecule has 0 aromatic carbocycles. The molecular weight excluding hydrogens is 212 g/mol. The zero-order valence-electron chi connectivity index (χ0n) is 7.40. The number of halogens is 3. The highest BCUT2D eigenvalue weighted by atomic mass is 35.5. The molecule has 1 amide bonds. The number of amides is 1. The third-order valence-corrected chi connectivity index (χ3v) is 3.20. The Bertz CT molecular complexity index is 291. The van der Waals surface area contributed by atoms with E-state index in [0.29, 0.717) is 12.8 Å². The van der Waals surface area contributed by atoms with E-state index in [1.807, 2.05) is 0 Å². The molecule has 2 aliphatic rings. The fraction of sp³-hybridized carbons (Fsp3) is 0.667. The Labute approximate surface area is 85.3 Å². The Morgan fingerprint density at radius 3 is 2.36 bits per heavy atom. The minimum absolute atomic E-state index is 0.0997. The van der Waals surface area contributed by atoms with Crippen molar-refractivity contribution in [1.82, 2.24) is 5.32 Å². The number of hydrogen-bond acceptors (Lipinski definition) is 1. The second-order valence-electron chi connectivity index (χ2n) is 3.93. The summed E-state index contributed by atoms with van der Waals surface area (Å²) in [6.45, 7) is 3.26. The minimum atomic E-state index is -2.49. The number of hydrogen-bond donors (Lipinski definition) is 1. The van der Waals surface area contributed by atoms with E-state index in [2.05, 4.69) is 11.9 Å². The van der Waals surface area contributed by atoms with Gasteiger partial charge in [0.25, 0.3) is 11.8 Å². The molecule has 2 atom stereocenters. The van der Waals surface area contributed by atoms with E-state index in [1.54, 1.807) is 0 Å². The van der Waals surface area contributed by atoms with Crippen molar-refractivity contribution in [3.05, 3.63) is 11.6 Å². The van der Waals surface area contributed by atoms with Gasteiger partial charge in [-0.2, -0.15) is 0 Å². The lowest BCUT2D eigenvalue weighted by atomic mass is 10.1. The van der Waals surface area contributed by atoms with Crippen LogP contribution in [0.2, 0.25) is 0 Å². The molecule has 0 bridgehead atoms. The third kappa shape index (κ3) is 1.41. The van der Waals surface area contributed by atoms with Gasteiger partial charge in [-0.15, -0.1) is 0 Å². The molecule has 0 saturated heterocycles. The molecule has 0 aromatic heterocycles. The van der Waals surface area contributed by atoms with Crippen LogP contribution >= 0.6 is 11.6 Å². The minimum Gasteiger partial charge on any atom is -0.349 e. The van der Waals surface area contributed by atoms with Gasteiger partial charge in [0.1, 0.15) is 0 Å². The van der Waals surface area contributed by atoms with Gasteiger partial charge in [-0.1, -0.05) is 18.2 Å². The Morgan fingerprint density at radius 2 is 1.93 bits per heavy atom. The highest BCUT2D eigenvalue weighted by Crippen LogP contribution is 2.63. The van der Waals surface area contributed by atoms with Gasteiger partial charge in [-0.05, 0) is 12.8 Å². The van der Waals surface area contributed by atoms with Gasteiger partial charge in [-0.25, -0.2) is 8.78 Å². The lowest BCUT2D eigenvalue weighted by molar-refractivity contribution is -0.117. The zero-order valence-corrected chi connectivity index (χ0v) is 8.15. The zero-order chi connectivity index (χ0) is 10.5. The van der Waals surface area contributed by atoms with Gasteiger partial charge in [0.2, 0.25) is 0 Å². The van der Waals surface area contributed by atoms with Crippen molar-refractivity contribution in [3.8, 4) is 0 Å². The van der Waals surface area contributed by atoms with Crippen molar-refractivity contribution in [2.24, 2.45) is 11.8 Å². The second kappa shape index (κ2) is 2.92. The van der Waals surface area contributed by atoms with Crippen LogP contribution in [0.25, 0.3) is 0 Å². The first kappa shape index (κ1) is 9.90. The maximum atomic E-state index is 12.8. The average molecular weight is 222 g/mol. The maximum Gasteiger partial charge on any atom is 0.262 e. The molecule has 0 radical (unpaired) electrons. The Balaban J connectivity index is 1.84. The predicted octanol–water partition coefficient (Wildman–Crippen LogP) is 1.90. The van der Waals surface area contributed by atoms with Crippen LogP contribution in [-0.4, -0.2) is 17.9 Å². The molecule has 1 N–H and O–H groups in total. The molecule has 0 aromatic rings. The van der Waals surface area contributed by atoms with Crippen LogP contribution in [0.1, 0.15) is 12.8 Å². The first-order valence-corrected chi connectivity index (χ1v) is 4.83. The van der Waals surface area contributed by atoms with Gasteiger partial charge in [-0.3, -0.25) is 4.79 Å². The SMILES string of the molecule is C=C(Cl)C(=O)NC1CC2C(C1)C2(F)F. The molecule has 5 heteroatoms. The van der Waals surface area contributed by atoms with Crippen LogP contribution in [0, 0.1) is 11.8 Å². The first-order valence-electron chi connectivity index (χ1n) is 4.46. The van der Waals surface area contributed by atoms with Crippen LogP contribution < -0.4 is 5.32 Å². The molecule has 2 aliphatic carbocycles. The van der Waals surface area contributed by atoms with Crippen molar-refractivity contribution in [2.75, 3.05) is 0 Å². The van der Waals surface area contributed by atoms with E-state index in [0.717, 1.165) is 0 Å². The van der Waals surface area contributed by atoms with Crippen LogP contribution in [0.5, 0.6) is 0 Å². The van der Waals surface area contributed by atoms with Gasteiger partial charge in [0, 0.05) is 17.9 Å². The van der Waals surface area contributed by atoms with E-state index < -0.39 is 23.7 Å². The van der Waals surface area contributed by atoms with Crippen molar-refractivity contribution in [2.45, 2.75) is 24.8 Å². The van der Waals surface area contributed by atoms with Gasteiger partial charge >= 0.3 is 0 Å². The summed E-state index contributed by atoms with van der Waals surface area (Å²) in [5.41, 5.74) is 0. The Kier molecular flexibility index (Phi) is 2.07. The van der Waals surface area contributed by atoms with E-state index >= 15 is 0 Å². The summed E-state index contributed by atoms with van der Waals surface area (Å²) in [4.78, 5) is 11.1. The molecule has 2 unspecified atom stereocenters. The highest BCUT2D eigenvalue weighted by molar-refractivity contribution is 6.41. The molecule has 14 heavy (non-hydrogen) atoms. The topological polar surface area (TPSA) is 29.1 Å². The van der Waals surface area contributed by atoms with Crippen LogP contribution in [0.4, 0.5) is 8.78 Å². The van der Waals surface area contributed by atoms with Crippen LogP contribution in [0.3, 0.4) is 0 Å². The second-order valence-corrected chi connectivity index (χ2v) is 4.39. The van der Waals surface area contributed by atoms with Crippen molar-refractivity contribution >= 4 is 17.5 Å². The quantitative estimate of drug-likeness (QED) is 0.709. The number of rotatable bonds is 2. The van der Waals surface area contributed by atoms with Crippen LogP contribution in [0.15, 0.2) is 11.6 Å². The van der Waals surface area contributed by atoms with Crippen LogP contribution in [-0.2, 0) is 4.79 Å². The highest BCUT2D eigenvalue weighted by Gasteiger charge is 2.71. The summed E-state index contributed by atoms with van der Waals surface area (Å²) < 4.78 is 25.5. The van der Waals surface area contributed by atoms with Crippen molar-refractivity contribution < 1.29 is 13.6 Å². The van der Waals surface area contributed by atoms with Gasteiger partial charge in [0.05, 0.1) is 5.03 Å². The van der Waals surface area contributed by atoms with Crippen molar-refractivity contribution in [3.63, 3.8) is 0 Å². The fourth-order valence-electron chi connectivity index (χ4n) is 2.19. The molecule has 2 nitrogen and oxygen atoms in total. The Morgan fingerprint density at radius 1 is 1.43 bits per heavy atom. The molecule has 2 saturated carbocycles. The van der Waals surface area contributed by atoms with Gasteiger partial charge < -0.3 is 5.32 Å². The number of carbonyl (C=O) groups is 1. The summed E-state index contributed by atoms with van der Waals surface area (Å²) in [6.07, 6.45) is 0.709. The van der Waals surface area contributed by atoms with E-state index in [4.69, 9.17) is 11.6 Å². The monoisotopic (exact) mass is 221 g/mol. The van der Waals surface area contributed by atoms with E-state index in [9.17, 15) is 13.6 Å². The molecule has 78 valence electrons. The molecule has 2 fully saturated rings. The fourth-order valence-corrected chi connectivity index (χ4v) is 2.25. The molecule has 0 heterocycles. The average Bonchev–Trinajstić information content (AvgIpc) is 2.51. The van der Waals surface area contributed by atoms with Gasteiger partial charge in [0.15, 0.2) is 0 Å². The maximum absolute atomic E-state index is 12.8. The summed E-state index contributed by atoms with van der Waals surface area (Å²) >= 11 is 5.36. The number of nitrogens with one attached hydrogen (secondary N) is 1. The summed E-state index contributed by atoms with van der Waals surface area (Å²) in [5, 5.41) is 2.47. The Hall–Kier alpha value is -0.640. The van der Waals surface area contributed by atoms with E-state index in [1.165, 1.54) is 0 Å². The number of fused-ring (bicyclic) bond motifs is 1. The number of carbonyl (C=O) groups excluding carboxylic acids is 1. The molecule has 0 aliphatic heterocycles. The summed E-state index contributed by atoms with van der Waals surface area (Å²) in [5.74, 6) is -4.01. The summed E-state index contributed by atoms with van der Waals surface area (Å²) in [6, 6.07) is -0.160. The third-order valence-electron chi connectivity index (χ3n) is 3.02. The molecule has 0 spiro atoms. The largest absolute Gasteiger partial charge is 0.349 e. The lowest BCUT2D eigenvalue weighted by Gasteiger charge is -2.15. The first-order chi connectivity index (χ1) is 6.43. The smallest absolute Gasteiger partial charge is 0.262 e. The standard InChI is InChI=1S/C9H10ClF2NO/c1-4(10)8(14)13-5-2-6-7(3-5)9(6,11)12/h5-7H,1-3H2,(H,13,14).